The third-order valence-electron chi connectivity index (χ3n) is 6.60. The number of hydrogen-bond acceptors (Lipinski definition) is 10. The Hall–Kier alpha value is -2.36. The molecule has 14 nitrogen and oxygen atoms in total. The number of nitrogens with two attached hydrogens (primary N) is 4. The highest BCUT2D eigenvalue weighted by Gasteiger charge is 2.14. The number of rotatable bonds is 27. The minimum Gasteiger partial charge on any atom is -0.355 e. The van der Waals surface area contributed by atoms with Crippen LogP contribution in [0.4, 0.5) is 0 Å². The molecule has 0 aromatic carbocycles. The average molecular weight is 587 g/mol. The van der Waals surface area contributed by atoms with Crippen LogP contribution in [0.15, 0.2) is 0 Å². The summed E-state index contributed by atoms with van der Waals surface area (Å²) in [5.74, 6) is 0.242. The predicted molar refractivity (Wildman–Crippen MR) is 163 cm³/mol. The maximum atomic E-state index is 12.1. The Kier molecular flexibility index (Phi) is 25.0. The molecular weight excluding hydrogens is 528 g/mol. The van der Waals surface area contributed by atoms with Crippen molar-refractivity contribution in [1.29, 1.82) is 0 Å². The lowest BCUT2D eigenvalue weighted by atomic mass is 10.0. The van der Waals surface area contributed by atoms with Crippen molar-refractivity contribution >= 4 is 23.6 Å². The lowest BCUT2D eigenvalue weighted by Gasteiger charge is -2.25. The number of nitrogens with one attached hydrogen (secondary N) is 4. The summed E-state index contributed by atoms with van der Waals surface area (Å²) in [7, 11) is 0. The molecule has 0 saturated carbocycles. The normalized spacial score (nSPS) is 11.9. The van der Waals surface area contributed by atoms with Gasteiger partial charge in [0.15, 0.2) is 0 Å². The lowest BCUT2D eigenvalue weighted by Crippen LogP contribution is -2.37. The molecule has 0 bridgehead atoms. The van der Waals surface area contributed by atoms with Crippen molar-refractivity contribution in [2.45, 2.75) is 51.9 Å². The second-order valence-corrected chi connectivity index (χ2v) is 10.3. The molecule has 0 aromatic rings. The summed E-state index contributed by atoms with van der Waals surface area (Å²) in [4.78, 5) is 52.6. The van der Waals surface area contributed by atoms with E-state index in [0.717, 1.165) is 32.4 Å². The van der Waals surface area contributed by atoms with Crippen molar-refractivity contribution in [3.63, 3.8) is 0 Å². The van der Waals surface area contributed by atoms with Gasteiger partial charge in [-0.05, 0) is 38.3 Å². The monoisotopic (exact) mass is 586 g/mol. The molecule has 0 rings (SSSR count). The van der Waals surface area contributed by atoms with Crippen LogP contribution in [0.2, 0.25) is 0 Å². The van der Waals surface area contributed by atoms with Crippen LogP contribution in [0.25, 0.3) is 0 Å². The highest BCUT2D eigenvalue weighted by atomic mass is 16.2. The van der Waals surface area contributed by atoms with Gasteiger partial charge < -0.3 is 54.0 Å². The van der Waals surface area contributed by atoms with Gasteiger partial charge in [-0.1, -0.05) is 6.92 Å². The molecule has 12 N–H and O–H groups in total. The van der Waals surface area contributed by atoms with Crippen LogP contribution >= 0.6 is 0 Å². The molecule has 0 spiro atoms. The van der Waals surface area contributed by atoms with Crippen LogP contribution in [0.5, 0.6) is 0 Å². The molecule has 0 fully saturated rings. The van der Waals surface area contributed by atoms with Crippen molar-refractivity contribution in [2.75, 3.05) is 91.6 Å². The summed E-state index contributed by atoms with van der Waals surface area (Å²) in [6.45, 7) is 9.43. The van der Waals surface area contributed by atoms with E-state index in [1.807, 2.05) is 0 Å². The van der Waals surface area contributed by atoms with Crippen molar-refractivity contribution < 1.29 is 19.2 Å². The molecule has 0 aromatic heterocycles. The first-order valence-electron chi connectivity index (χ1n) is 15.1. The van der Waals surface area contributed by atoms with E-state index in [1.165, 1.54) is 0 Å². The first-order valence-corrected chi connectivity index (χ1v) is 15.1. The zero-order valence-corrected chi connectivity index (χ0v) is 25.3. The molecule has 0 saturated heterocycles. The molecule has 0 aliphatic carbocycles. The van der Waals surface area contributed by atoms with Crippen LogP contribution in [0, 0.1) is 5.92 Å². The number of amides is 4. The molecule has 4 amide bonds. The first-order chi connectivity index (χ1) is 19.7. The van der Waals surface area contributed by atoms with E-state index in [9.17, 15) is 19.2 Å². The van der Waals surface area contributed by atoms with Gasteiger partial charge in [-0.2, -0.15) is 0 Å². The largest absolute Gasteiger partial charge is 0.355 e. The highest BCUT2D eigenvalue weighted by Crippen LogP contribution is 2.13. The third kappa shape index (κ3) is 24.0. The van der Waals surface area contributed by atoms with Gasteiger partial charge in [-0.3, -0.25) is 19.2 Å². The topological polar surface area (TPSA) is 227 Å². The van der Waals surface area contributed by atoms with Gasteiger partial charge >= 0.3 is 0 Å². The Morgan fingerprint density at radius 3 is 1.15 bits per heavy atom. The third-order valence-corrected chi connectivity index (χ3v) is 6.60. The molecule has 1 unspecified atom stereocenters. The summed E-state index contributed by atoms with van der Waals surface area (Å²) in [5.41, 5.74) is 21.8. The molecule has 1 atom stereocenters. The summed E-state index contributed by atoms with van der Waals surface area (Å²) < 4.78 is 0. The zero-order valence-electron chi connectivity index (χ0n) is 25.3. The zero-order chi connectivity index (χ0) is 30.7. The maximum Gasteiger partial charge on any atom is 0.221 e. The van der Waals surface area contributed by atoms with Crippen molar-refractivity contribution in [2.24, 2.45) is 28.9 Å². The Bertz CT molecular complexity index is 666. The molecule has 240 valence electrons. The van der Waals surface area contributed by atoms with E-state index in [-0.39, 0.29) is 23.6 Å². The fourth-order valence-corrected chi connectivity index (χ4v) is 4.12. The molecule has 0 radical (unpaired) electrons. The van der Waals surface area contributed by atoms with Crippen molar-refractivity contribution in [3.05, 3.63) is 0 Å². The number of carbonyl (C=O) groups is 4. The van der Waals surface area contributed by atoms with Gasteiger partial charge in [0, 0.05) is 104 Å². The molecule has 0 aliphatic rings. The molecule has 0 aliphatic heterocycles. The quantitative estimate of drug-likeness (QED) is 0.0495. The standard InChI is InChI=1S/C27H58N10O4/c1-23(4-18-37(21-7-26(40)34-15-11-30)22-8-27(41)35-16-12-31)3-2-17-36(19-5-24(38)32-13-9-28)20-6-25(39)33-14-10-29/h23H,2-22,28-31H2,1H3,(H,32,38)(H,33,39)(H,34,40)(H,35,41). The minimum atomic E-state index is -0.0467. The van der Waals surface area contributed by atoms with Crippen LogP contribution in [-0.4, -0.2) is 125 Å². The van der Waals surface area contributed by atoms with E-state index in [2.05, 4.69) is 38.0 Å². The van der Waals surface area contributed by atoms with Gasteiger partial charge in [0.1, 0.15) is 0 Å². The molecule has 41 heavy (non-hydrogen) atoms. The maximum absolute atomic E-state index is 12.1. The van der Waals surface area contributed by atoms with Gasteiger partial charge in [0.05, 0.1) is 0 Å². The second kappa shape index (κ2) is 26.5. The Morgan fingerprint density at radius 1 is 0.512 bits per heavy atom. The number of carbonyl (C=O) groups excluding carboxylic acids is 4. The van der Waals surface area contributed by atoms with E-state index in [0.29, 0.717) is 110 Å². The Labute approximate surface area is 246 Å². The van der Waals surface area contributed by atoms with Crippen LogP contribution in [-0.2, 0) is 19.2 Å². The Morgan fingerprint density at radius 2 is 0.829 bits per heavy atom. The van der Waals surface area contributed by atoms with Gasteiger partial charge in [-0.25, -0.2) is 0 Å². The Balaban J connectivity index is 4.76. The molecular formula is C27H58N10O4. The van der Waals surface area contributed by atoms with Crippen molar-refractivity contribution in [3.8, 4) is 0 Å². The van der Waals surface area contributed by atoms with E-state index < -0.39 is 0 Å². The van der Waals surface area contributed by atoms with E-state index in [1.54, 1.807) is 0 Å². The van der Waals surface area contributed by atoms with Crippen LogP contribution in [0.1, 0.15) is 51.9 Å². The van der Waals surface area contributed by atoms with Gasteiger partial charge in [0.2, 0.25) is 23.6 Å². The SMILES string of the molecule is CC(CCCN(CCC(=O)NCCN)CCC(=O)NCCN)CCN(CCC(=O)NCCN)CCC(=O)NCCN. The smallest absolute Gasteiger partial charge is 0.221 e. The molecule has 0 heterocycles. The fourth-order valence-electron chi connectivity index (χ4n) is 4.12. The molecule has 14 heteroatoms. The number of hydrogen-bond donors (Lipinski definition) is 8. The summed E-state index contributed by atoms with van der Waals surface area (Å²) >= 11 is 0. The van der Waals surface area contributed by atoms with E-state index >= 15 is 0 Å². The van der Waals surface area contributed by atoms with Gasteiger partial charge in [0.25, 0.3) is 0 Å². The highest BCUT2D eigenvalue weighted by molar-refractivity contribution is 5.77. The second-order valence-electron chi connectivity index (χ2n) is 10.3. The first kappa shape index (κ1) is 38.6. The van der Waals surface area contributed by atoms with Gasteiger partial charge in [-0.15, -0.1) is 0 Å². The average Bonchev–Trinajstić information content (AvgIpc) is 2.97. The summed E-state index contributed by atoms with van der Waals surface area (Å²) in [5, 5.41) is 11.2. The fraction of sp³-hybridized carbons (Fsp3) is 0.852. The van der Waals surface area contributed by atoms with Crippen molar-refractivity contribution in [1.82, 2.24) is 31.1 Å². The van der Waals surface area contributed by atoms with Crippen LogP contribution in [0.3, 0.4) is 0 Å². The number of nitrogens with zero attached hydrogens (tertiary/aromatic N) is 2. The lowest BCUT2D eigenvalue weighted by molar-refractivity contribution is -0.123. The predicted octanol–water partition coefficient (Wildman–Crippen LogP) is -2.74. The summed E-state index contributed by atoms with van der Waals surface area (Å²) in [6.07, 6.45) is 4.25. The van der Waals surface area contributed by atoms with Crippen LogP contribution < -0.4 is 44.2 Å². The summed E-state index contributed by atoms with van der Waals surface area (Å²) in [6, 6.07) is 0. The minimum absolute atomic E-state index is 0.0464. The van der Waals surface area contributed by atoms with E-state index in [4.69, 9.17) is 22.9 Å².